The van der Waals surface area contributed by atoms with Gasteiger partial charge in [0.05, 0.1) is 16.6 Å². The largest absolute Gasteiger partial charge is 0.337 e. The Hall–Kier alpha value is -3.36. The molecule has 0 spiro atoms. The highest BCUT2D eigenvalue weighted by Gasteiger charge is 2.25. The van der Waals surface area contributed by atoms with E-state index in [0.717, 1.165) is 18.2 Å². The zero-order chi connectivity index (χ0) is 19.4. The highest BCUT2D eigenvalue weighted by atomic mass is 19.1. The topological polar surface area (TPSA) is 96.7 Å². The molecule has 1 aromatic carbocycles. The molecular formula is C18H17FN4O4. The Balaban J connectivity index is 1.70. The molecule has 27 heavy (non-hydrogen) atoms. The van der Waals surface area contributed by atoms with Crippen molar-refractivity contribution in [2.24, 2.45) is 0 Å². The quantitative estimate of drug-likeness (QED) is 0.607. The van der Waals surface area contributed by atoms with Crippen LogP contribution < -0.4 is 0 Å². The molecule has 0 bridgehead atoms. The van der Waals surface area contributed by atoms with Gasteiger partial charge < -0.3 is 9.80 Å². The zero-order valence-electron chi connectivity index (χ0n) is 14.4. The summed E-state index contributed by atoms with van der Waals surface area (Å²) in [6, 6.07) is 6.23. The molecule has 3 rings (SSSR count). The van der Waals surface area contributed by atoms with E-state index < -0.39 is 22.3 Å². The number of nitro groups is 1. The van der Waals surface area contributed by atoms with Crippen molar-refractivity contribution in [2.45, 2.75) is 6.42 Å². The molecule has 1 fully saturated rings. The predicted octanol–water partition coefficient (Wildman–Crippen LogP) is 2.12. The number of hydrogen-bond donors (Lipinski definition) is 0. The van der Waals surface area contributed by atoms with Crippen LogP contribution in [0.1, 0.15) is 27.1 Å². The van der Waals surface area contributed by atoms with Crippen molar-refractivity contribution in [1.29, 1.82) is 0 Å². The fourth-order valence-corrected chi connectivity index (χ4v) is 2.96. The molecule has 2 aromatic rings. The maximum atomic E-state index is 14.1. The van der Waals surface area contributed by atoms with Crippen molar-refractivity contribution in [3.63, 3.8) is 0 Å². The molecule has 0 saturated carbocycles. The highest BCUT2D eigenvalue weighted by molar-refractivity contribution is 5.95. The molecule has 0 radical (unpaired) electrons. The van der Waals surface area contributed by atoms with E-state index in [1.54, 1.807) is 17.0 Å². The molecule has 140 valence electrons. The fraction of sp³-hybridized carbons (Fsp3) is 0.278. The van der Waals surface area contributed by atoms with Gasteiger partial charge in [-0.1, -0.05) is 0 Å². The number of hydrogen-bond acceptors (Lipinski definition) is 5. The molecule has 1 saturated heterocycles. The Morgan fingerprint density at radius 3 is 2.22 bits per heavy atom. The van der Waals surface area contributed by atoms with Crippen molar-refractivity contribution >= 4 is 17.5 Å². The molecule has 0 unspecified atom stereocenters. The van der Waals surface area contributed by atoms with Gasteiger partial charge in [0, 0.05) is 50.2 Å². The van der Waals surface area contributed by atoms with Gasteiger partial charge in [-0.2, -0.15) is 0 Å². The predicted molar refractivity (Wildman–Crippen MR) is 93.7 cm³/mol. The number of benzene rings is 1. The van der Waals surface area contributed by atoms with Crippen molar-refractivity contribution in [3.8, 4) is 0 Å². The van der Waals surface area contributed by atoms with E-state index in [1.165, 1.54) is 17.3 Å². The van der Waals surface area contributed by atoms with Crippen LogP contribution in [-0.2, 0) is 0 Å². The number of rotatable bonds is 3. The van der Waals surface area contributed by atoms with Crippen molar-refractivity contribution in [3.05, 3.63) is 69.8 Å². The lowest BCUT2D eigenvalue weighted by atomic mass is 10.1. The molecule has 8 nitrogen and oxygen atoms in total. The van der Waals surface area contributed by atoms with Gasteiger partial charge in [0.25, 0.3) is 17.5 Å². The van der Waals surface area contributed by atoms with E-state index in [0.29, 0.717) is 31.6 Å². The Morgan fingerprint density at radius 1 is 1.00 bits per heavy atom. The third-order valence-corrected chi connectivity index (χ3v) is 4.39. The van der Waals surface area contributed by atoms with Gasteiger partial charge in [0.15, 0.2) is 0 Å². The van der Waals surface area contributed by atoms with Gasteiger partial charge in [-0.25, -0.2) is 4.39 Å². The molecule has 9 heteroatoms. The summed E-state index contributed by atoms with van der Waals surface area (Å²) in [6.07, 6.45) is 3.63. The van der Waals surface area contributed by atoms with E-state index in [2.05, 4.69) is 4.98 Å². The minimum absolute atomic E-state index is 0.145. The number of nitro benzene ring substituents is 1. The lowest BCUT2D eigenvalue weighted by molar-refractivity contribution is -0.385. The van der Waals surface area contributed by atoms with Gasteiger partial charge in [-0.3, -0.25) is 24.7 Å². The second kappa shape index (κ2) is 7.90. The van der Waals surface area contributed by atoms with Crippen molar-refractivity contribution in [1.82, 2.24) is 14.8 Å². The van der Waals surface area contributed by atoms with E-state index >= 15 is 0 Å². The van der Waals surface area contributed by atoms with Crippen molar-refractivity contribution in [2.75, 3.05) is 26.2 Å². The van der Waals surface area contributed by atoms with Crippen molar-refractivity contribution < 1.29 is 18.9 Å². The van der Waals surface area contributed by atoms with Gasteiger partial charge in [0.2, 0.25) is 0 Å². The molecule has 1 aliphatic rings. The van der Waals surface area contributed by atoms with Crippen LogP contribution in [0, 0.1) is 15.9 Å². The van der Waals surface area contributed by atoms with Crippen LogP contribution in [0.25, 0.3) is 0 Å². The number of non-ortho nitro benzene ring substituents is 1. The summed E-state index contributed by atoms with van der Waals surface area (Å²) in [4.78, 5) is 42.1. The molecule has 2 amide bonds. The summed E-state index contributed by atoms with van der Waals surface area (Å²) < 4.78 is 14.1. The van der Waals surface area contributed by atoms with Gasteiger partial charge in [0.1, 0.15) is 5.82 Å². The molecular weight excluding hydrogens is 355 g/mol. The maximum absolute atomic E-state index is 14.1. The smallest absolute Gasteiger partial charge is 0.272 e. The second-order valence-corrected chi connectivity index (χ2v) is 6.10. The first-order valence-corrected chi connectivity index (χ1v) is 8.40. The molecule has 2 heterocycles. The van der Waals surface area contributed by atoms with Crippen LogP contribution in [0.4, 0.5) is 10.1 Å². The van der Waals surface area contributed by atoms with Crippen LogP contribution in [0.2, 0.25) is 0 Å². The standard InChI is InChI=1S/C18H17FN4O4/c19-16-12-14(23(26)27)2-3-15(16)18(25)22-9-1-8-21(10-11-22)17(24)13-4-6-20-7-5-13/h2-7,12H,1,8-11H2. The number of carbonyl (C=O) groups excluding carboxylic acids is 2. The maximum Gasteiger partial charge on any atom is 0.272 e. The third-order valence-electron chi connectivity index (χ3n) is 4.39. The summed E-state index contributed by atoms with van der Waals surface area (Å²) in [5.41, 5.74) is -0.102. The number of pyridine rings is 1. The minimum Gasteiger partial charge on any atom is -0.337 e. The monoisotopic (exact) mass is 372 g/mol. The van der Waals surface area contributed by atoms with E-state index in [9.17, 15) is 24.1 Å². The zero-order valence-corrected chi connectivity index (χ0v) is 14.4. The Labute approximate surface area is 154 Å². The number of aromatic nitrogens is 1. The number of nitrogens with zero attached hydrogens (tertiary/aromatic N) is 4. The minimum atomic E-state index is -0.928. The molecule has 0 atom stereocenters. The van der Waals surface area contributed by atoms with E-state index in [1.807, 2.05) is 0 Å². The normalized spacial score (nSPS) is 14.6. The number of amides is 2. The molecule has 1 aliphatic heterocycles. The SMILES string of the molecule is O=C(c1ccncc1)N1CCCN(C(=O)c2ccc([N+](=O)[O-])cc2F)CC1. The van der Waals surface area contributed by atoms with E-state index in [-0.39, 0.29) is 18.0 Å². The fourth-order valence-electron chi connectivity index (χ4n) is 2.96. The van der Waals surface area contributed by atoms with Crippen LogP contribution in [0.5, 0.6) is 0 Å². The summed E-state index contributed by atoms with van der Waals surface area (Å²) >= 11 is 0. The average molecular weight is 372 g/mol. The third kappa shape index (κ3) is 4.08. The first kappa shape index (κ1) is 18.4. The van der Waals surface area contributed by atoms with Crippen LogP contribution >= 0.6 is 0 Å². The van der Waals surface area contributed by atoms with Gasteiger partial charge in [-0.15, -0.1) is 0 Å². The molecule has 0 N–H and O–H groups in total. The summed E-state index contributed by atoms with van der Waals surface area (Å²) in [7, 11) is 0. The number of carbonyl (C=O) groups is 2. The van der Waals surface area contributed by atoms with Crippen LogP contribution in [0.3, 0.4) is 0 Å². The summed E-state index contributed by atoms with van der Waals surface area (Å²) in [5, 5.41) is 10.7. The Kier molecular flexibility index (Phi) is 5.39. The Morgan fingerprint density at radius 2 is 1.63 bits per heavy atom. The van der Waals surface area contributed by atoms with E-state index in [4.69, 9.17) is 0 Å². The Bertz CT molecular complexity index is 875. The average Bonchev–Trinajstić information content (AvgIpc) is 2.93. The second-order valence-electron chi connectivity index (χ2n) is 6.10. The van der Waals surface area contributed by atoms with Gasteiger partial charge >= 0.3 is 0 Å². The first-order valence-electron chi connectivity index (χ1n) is 8.40. The molecule has 0 aliphatic carbocycles. The van der Waals surface area contributed by atoms with Crippen LogP contribution in [0.15, 0.2) is 42.7 Å². The highest BCUT2D eigenvalue weighted by Crippen LogP contribution is 2.19. The lowest BCUT2D eigenvalue weighted by Gasteiger charge is -2.22. The summed E-state index contributed by atoms with van der Waals surface area (Å²) in [6.45, 7) is 1.43. The number of halogens is 1. The molecule has 1 aromatic heterocycles. The lowest BCUT2D eigenvalue weighted by Crippen LogP contribution is -2.37. The first-order chi connectivity index (χ1) is 13.0. The van der Waals surface area contributed by atoms with Gasteiger partial charge in [-0.05, 0) is 24.6 Å². The summed E-state index contributed by atoms with van der Waals surface area (Å²) in [5.74, 6) is -1.61. The van der Waals surface area contributed by atoms with Crippen LogP contribution in [-0.4, -0.2) is 57.7 Å².